The number of hydrogen-bond donors (Lipinski definition) is 1. The highest BCUT2D eigenvalue weighted by Gasteiger charge is 2.15. The second kappa shape index (κ2) is 6.35. The molecule has 0 heterocycles. The summed E-state index contributed by atoms with van der Waals surface area (Å²) in [5.74, 6) is -0.333. The van der Waals surface area contributed by atoms with Gasteiger partial charge in [-0.15, -0.1) is 0 Å². The molecule has 0 bridgehead atoms. The van der Waals surface area contributed by atoms with Crippen LogP contribution < -0.4 is 0 Å². The third kappa shape index (κ3) is 3.57. The van der Waals surface area contributed by atoms with Crippen LogP contribution in [0.1, 0.15) is 17.2 Å². The number of benzene rings is 2. The third-order valence-electron chi connectivity index (χ3n) is 2.77. The van der Waals surface area contributed by atoms with Gasteiger partial charge < -0.3 is 5.11 Å². The quantitative estimate of drug-likeness (QED) is 0.733. The normalized spacial score (nSPS) is 12.5. The fraction of sp³-hybridized carbons (Fsp3) is 0.143. The summed E-state index contributed by atoms with van der Waals surface area (Å²) < 4.78 is 14.5. The van der Waals surface area contributed by atoms with Crippen LogP contribution in [0.25, 0.3) is 0 Å². The summed E-state index contributed by atoms with van der Waals surface area (Å²) in [4.78, 5) is 0. The molecule has 0 radical (unpaired) electrons. The second-order valence-corrected chi connectivity index (χ2v) is 6.18. The SMILES string of the molecule is OC(Cc1cccc(F)c1Br)c1ccc(Cl)cc1Br. The zero-order chi connectivity index (χ0) is 14.0. The van der Waals surface area contributed by atoms with Crippen LogP contribution >= 0.6 is 43.5 Å². The Bertz CT molecular complexity index is 604. The zero-order valence-corrected chi connectivity index (χ0v) is 13.6. The molecule has 0 spiro atoms. The predicted octanol–water partition coefficient (Wildman–Crippen LogP) is 5.28. The van der Waals surface area contributed by atoms with Gasteiger partial charge in [0.25, 0.3) is 0 Å². The Kier molecular flexibility index (Phi) is 5.01. The van der Waals surface area contributed by atoms with Crippen LogP contribution in [0, 0.1) is 5.82 Å². The molecule has 0 aliphatic rings. The molecule has 0 amide bonds. The van der Waals surface area contributed by atoms with Crippen LogP contribution in [0.15, 0.2) is 45.3 Å². The number of halogens is 4. The van der Waals surface area contributed by atoms with Crippen molar-refractivity contribution >= 4 is 43.5 Å². The van der Waals surface area contributed by atoms with Gasteiger partial charge in [0, 0.05) is 15.9 Å². The molecule has 1 nitrogen and oxygen atoms in total. The Morgan fingerprint density at radius 2 is 1.95 bits per heavy atom. The molecule has 2 aromatic rings. The zero-order valence-electron chi connectivity index (χ0n) is 9.71. The summed E-state index contributed by atoms with van der Waals surface area (Å²) in [6.45, 7) is 0. The van der Waals surface area contributed by atoms with Crippen LogP contribution in [0.5, 0.6) is 0 Å². The van der Waals surface area contributed by atoms with Crippen molar-refractivity contribution in [3.05, 3.63) is 67.3 Å². The van der Waals surface area contributed by atoms with Gasteiger partial charge >= 0.3 is 0 Å². The minimum absolute atomic E-state index is 0.318. The van der Waals surface area contributed by atoms with E-state index < -0.39 is 6.10 Å². The largest absolute Gasteiger partial charge is 0.388 e. The molecule has 5 heteroatoms. The molecular weight excluding hydrogens is 398 g/mol. The van der Waals surface area contributed by atoms with E-state index in [-0.39, 0.29) is 5.82 Å². The number of aliphatic hydroxyl groups is 1. The summed E-state index contributed by atoms with van der Waals surface area (Å²) in [7, 11) is 0. The van der Waals surface area contributed by atoms with Gasteiger partial charge in [-0.1, -0.05) is 45.7 Å². The number of aliphatic hydroxyl groups excluding tert-OH is 1. The van der Waals surface area contributed by atoms with Crippen molar-refractivity contribution in [1.29, 1.82) is 0 Å². The van der Waals surface area contributed by atoms with Gasteiger partial charge in [-0.05, 0) is 45.3 Å². The first-order valence-electron chi connectivity index (χ1n) is 5.55. The molecule has 1 N–H and O–H groups in total. The highest BCUT2D eigenvalue weighted by molar-refractivity contribution is 9.10. The van der Waals surface area contributed by atoms with E-state index in [4.69, 9.17) is 11.6 Å². The molecule has 19 heavy (non-hydrogen) atoms. The lowest BCUT2D eigenvalue weighted by atomic mass is 10.0. The molecule has 2 aromatic carbocycles. The van der Waals surface area contributed by atoms with E-state index in [2.05, 4.69) is 31.9 Å². The van der Waals surface area contributed by atoms with Crippen molar-refractivity contribution in [2.24, 2.45) is 0 Å². The van der Waals surface area contributed by atoms with Crippen molar-refractivity contribution in [2.75, 3.05) is 0 Å². The molecule has 0 saturated heterocycles. The van der Waals surface area contributed by atoms with Gasteiger partial charge in [-0.3, -0.25) is 0 Å². The minimum atomic E-state index is -0.732. The molecule has 0 fully saturated rings. The molecule has 0 aliphatic heterocycles. The van der Waals surface area contributed by atoms with E-state index in [1.165, 1.54) is 6.07 Å². The van der Waals surface area contributed by atoms with Gasteiger partial charge in [-0.2, -0.15) is 0 Å². The fourth-order valence-corrected chi connectivity index (χ4v) is 3.17. The van der Waals surface area contributed by atoms with E-state index in [1.54, 1.807) is 30.3 Å². The Hall–Kier alpha value is -0.420. The summed E-state index contributed by atoms with van der Waals surface area (Å²) in [6.07, 6.45) is -0.414. The maximum absolute atomic E-state index is 13.4. The highest BCUT2D eigenvalue weighted by Crippen LogP contribution is 2.31. The van der Waals surface area contributed by atoms with E-state index in [0.717, 1.165) is 10.0 Å². The van der Waals surface area contributed by atoms with Crippen molar-refractivity contribution in [2.45, 2.75) is 12.5 Å². The van der Waals surface area contributed by atoms with Crippen molar-refractivity contribution < 1.29 is 9.50 Å². The van der Waals surface area contributed by atoms with E-state index in [1.807, 2.05) is 0 Å². The lowest BCUT2D eigenvalue weighted by Crippen LogP contribution is -2.04. The highest BCUT2D eigenvalue weighted by atomic mass is 79.9. The Morgan fingerprint density at radius 3 is 2.63 bits per heavy atom. The van der Waals surface area contributed by atoms with Crippen LogP contribution in [-0.2, 0) is 6.42 Å². The smallest absolute Gasteiger partial charge is 0.137 e. The maximum Gasteiger partial charge on any atom is 0.137 e. The molecule has 100 valence electrons. The molecule has 1 unspecified atom stereocenters. The van der Waals surface area contributed by atoms with Gasteiger partial charge in [0.1, 0.15) is 5.82 Å². The maximum atomic E-state index is 13.4. The van der Waals surface area contributed by atoms with Gasteiger partial charge in [0.2, 0.25) is 0 Å². The molecule has 1 atom stereocenters. The van der Waals surface area contributed by atoms with Crippen molar-refractivity contribution in [3.63, 3.8) is 0 Å². The van der Waals surface area contributed by atoms with E-state index in [0.29, 0.717) is 21.5 Å². The average Bonchev–Trinajstić information content (AvgIpc) is 2.34. The first-order chi connectivity index (χ1) is 8.99. The molecule has 0 saturated carbocycles. The Morgan fingerprint density at radius 1 is 1.21 bits per heavy atom. The van der Waals surface area contributed by atoms with Gasteiger partial charge in [-0.25, -0.2) is 4.39 Å². The lowest BCUT2D eigenvalue weighted by molar-refractivity contribution is 0.177. The number of hydrogen-bond acceptors (Lipinski definition) is 1. The molecule has 2 rings (SSSR count). The fourth-order valence-electron chi connectivity index (χ4n) is 1.80. The van der Waals surface area contributed by atoms with Crippen LogP contribution in [-0.4, -0.2) is 5.11 Å². The Balaban J connectivity index is 2.25. The average molecular weight is 408 g/mol. The lowest BCUT2D eigenvalue weighted by Gasteiger charge is -2.14. The van der Waals surface area contributed by atoms with Gasteiger partial charge in [0.05, 0.1) is 10.6 Å². The summed E-state index contributed by atoms with van der Waals surface area (Å²) in [6, 6.07) is 9.97. The number of rotatable bonds is 3. The molecule has 0 aliphatic carbocycles. The van der Waals surface area contributed by atoms with Crippen molar-refractivity contribution in [3.8, 4) is 0 Å². The topological polar surface area (TPSA) is 20.2 Å². The summed E-state index contributed by atoms with van der Waals surface area (Å²) >= 11 is 12.4. The Labute approximate surface area is 132 Å². The van der Waals surface area contributed by atoms with Crippen LogP contribution in [0.3, 0.4) is 0 Å². The van der Waals surface area contributed by atoms with Crippen molar-refractivity contribution in [1.82, 2.24) is 0 Å². The first-order valence-corrected chi connectivity index (χ1v) is 7.51. The molecular formula is C14H10Br2ClFO. The third-order valence-corrected chi connectivity index (χ3v) is 4.58. The standard InChI is InChI=1S/C14H10Br2ClFO/c15-11-7-9(17)4-5-10(11)13(19)6-8-2-1-3-12(18)14(8)16/h1-5,7,13,19H,6H2. The minimum Gasteiger partial charge on any atom is -0.388 e. The van der Waals surface area contributed by atoms with Gasteiger partial charge in [0.15, 0.2) is 0 Å². The van der Waals surface area contributed by atoms with E-state index >= 15 is 0 Å². The van der Waals surface area contributed by atoms with E-state index in [9.17, 15) is 9.50 Å². The summed E-state index contributed by atoms with van der Waals surface area (Å²) in [5, 5.41) is 10.8. The second-order valence-electron chi connectivity index (χ2n) is 4.10. The monoisotopic (exact) mass is 406 g/mol. The first kappa shape index (κ1) is 15.0. The molecule has 0 aromatic heterocycles. The van der Waals surface area contributed by atoms with Crippen LogP contribution in [0.2, 0.25) is 5.02 Å². The summed E-state index contributed by atoms with van der Waals surface area (Å²) in [5.41, 5.74) is 1.44. The van der Waals surface area contributed by atoms with Crippen LogP contribution in [0.4, 0.5) is 4.39 Å². The predicted molar refractivity (Wildman–Crippen MR) is 81.9 cm³/mol.